The highest BCUT2D eigenvalue weighted by atomic mass is 79.9. The Hall–Kier alpha value is -2.19. The van der Waals surface area contributed by atoms with Crippen LogP contribution in [-0.4, -0.2) is 52.7 Å². The Morgan fingerprint density at radius 2 is 1.93 bits per heavy atom. The number of nitrogens with one attached hydrogen (secondary N) is 1. The maximum absolute atomic E-state index is 12.9. The van der Waals surface area contributed by atoms with E-state index in [0.717, 1.165) is 52.6 Å². The number of benzene rings is 1. The van der Waals surface area contributed by atoms with Crippen LogP contribution in [0, 0.1) is 6.92 Å². The maximum Gasteiger partial charge on any atom is 0.322 e. The van der Waals surface area contributed by atoms with Gasteiger partial charge in [-0.1, -0.05) is 12.1 Å². The van der Waals surface area contributed by atoms with E-state index in [0.29, 0.717) is 13.1 Å². The number of halogens is 1. The summed E-state index contributed by atoms with van der Waals surface area (Å²) in [7, 11) is 0. The Kier molecular flexibility index (Phi) is 5.74. The van der Waals surface area contributed by atoms with E-state index in [1.165, 1.54) is 0 Å². The molecule has 1 saturated heterocycles. The highest BCUT2D eigenvalue weighted by Gasteiger charge is 2.30. The highest BCUT2D eigenvalue weighted by molar-refractivity contribution is 9.10. The number of urea groups is 1. The summed E-state index contributed by atoms with van der Waals surface area (Å²) < 4.78 is 6.75. The average molecular weight is 460 g/mol. The number of aryl methyl sites for hydroxylation is 1. The molecule has 8 heteroatoms. The summed E-state index contributed by atoms with van der Waals surface area (Å²) in [6.45, 7) is 8.81. The molecule has 0 aliphatic carbocycles. The Balaban J connectivity index is 1.58. The largest absolute Gasteiger partial charge is 0.372 e. The van der Waals surface area contributed by atoms with Gasteiger partial charge in [0.1, 0.15) is 11.6 Å². The highest BCUT2D eigenvalue weighted by Crippen LogP contribution is 2.29. The number of carbonyl (C=O) groups is 1. The lowest BCUT2D eigenvalue weighted by atomic mass is 10.0. The predicted molar refractivity (Wildman–Crippen MR) is 116 cm³/mol. The summed E-state index contributed by atoms with van der Waals surface area (Å²) in [5.41, 5.74) is 2.86. The summed E-state index contributed by atoms with van der Waals surface area (Å²) in [5, 5.41) is 3.00. The fraction of sp³-hybridized carbons (Fsp3) is 0.476. The molecular formula is C21H26BrN5O2. The van der Waals surface area contributed by atoms with Crippen molar-refractivity contribution in [1.82, 2.24) is 14.9 Å². The standard InChI is InChI=1S/C21H26BrN5O2/c1-13-10-27(11-14(2)29-13)20-16-12-26(9-8-18(16)23-15(3)24-20)21(28)25-19-7-5-4-6-17(19)22/h4-7,13-14H,8-12H2,1-3H3,(H,25,28). The lowest BCUT2D eigenvalue weighted by Crippen LogP contribution is -2.47. The van der Waals surface area contributed by atoms with Crippen molar-refractivity contribution in [3.8, 4) is 0 Å². The molecule has 4 rings (SSSR count). The minimum atomic E-state index is -0.113. The second kappa shape index (κ2) is 8.28. The first-order chi connectivity index (χ1) is 13.9. The molecule has 2 unspecified atom stereocenters. The smallest absolute Gasteiger partial charge is 0.322 e. The van der Waals surface area contributed by atoms with E-state index in [1.54, 1.807) is 0 Å². The van der Waals surface area contributed by atoms with Crippen molar-refractivity contribution in [2.75, 3.05) is 29.9 Å². The van der Waals surface area contributed by atoms with Crippen LogP contribution < -0.4 is 10.2 Å². The van der Waals surface area contributed by atoms with E-state index in [1.807, 2.05) is 36.1 Å². The van der Waals surface area contributed by atoms with E-state index >= 15 is 0 Å². The van der Waals surface area contributed by atoms with Crippen molar-refractivity contribution in [3.05, 3.63) is 45.8 Å². The molecule has 2 aromatic rings. The number of anilines is 2. The van der Waals surface area contributed by atoms with Crippen LogP contribution in [0.2, 0.25) is 0 Å². The first-order valence-electron chi connectivity index (χ1n) is 9.98. The summed E-state index contributed by atoms with van der Waals surface area (Å²) in [6.07, 6.45) is 1.01. The number of carbonyl (C=O) groups excluding carboxylic acids is 1. The number of aromatic nitrogens is 2. The van der Waals surface area contributed by atoms with Gasteiger partial charge in [-0.3, -0.25) is 0 Å². The number of hydrogen-bond donors (Lipinski definition) is 1. The second-order valence-corrected chi connectivity index (χ2v) is 8.62. The second-order valence-electron chi connectivity index (χ2n) is 7.76. The number of nitrogens with zero attached hydrogens (tertiary/aromatic N) is 4. The van der Waals surface area contributed by atoms with E-state index in [9.17, 15) is 4.79 Å². The van der Waals surface area contributed by atoms with Crippen molar-refractivity contribution in [3.63, 3.8) is 0 Å². The van der Waals surface area contributed by atoms with Gasteiger partial charge in [-0.05, 0) is 48.8 Å². The van der Waals surface area contributed by atoms with Crippen molar-refractivity contribution < 1.29 is 9.53 Å². The molecule has 1 aromatic carbocycles. The Labute approximate surface area is 179 Å². The number of amides is 2. The van der Waals surface area contributed by atoms with Crippen molar-refractivity contribution in [2.24, 2.45) is 0 Å². The van der Waals surface area contributed by atoms with Crippen LogP contribution in [0.1, 0.15) is 30.9 Å². The van der Waals surface area contributed by atoms with Crippen LogP contribution in [0.15, 0.2) is 28.7 Å². The number of ether oxygens (including phenoxy) is 1. The minimum Gasteiger partial charge on any atom is -0.372 e. The summed E-state index contributed by atoms with van der Waals surface area (Å²) in [6, 6.07) is 7.51. The molecule has 154 valence electrons. The fourth-order valence-electron chi connectivity index (χ4n) is 4.06. The molecule has 3 heterocycles. The molecule has 7 nitrogen and oxygen atoms in total. The van der Waals surface area contributed by atoms with Crippen molar-refractivity contribution >= 4 is 33.5 Å². The van der Waals surface area contributed by atoms with Crippen LogP contribution in [0.3, 0.4) is 0 Å². The van der Waals surface area contributed by atoms with Crippen molar-refractivity contribution in [2.45, 2.75) is 45.9 Å². The van der Waals surface area contributed by atoms with E-state index in [-0.39, 0.29) is 18.2 Å². The van der Waals surface area contributed by atoms with E-state index in [4.69, 9.17) is 9.72 Å². The number of fused-ring (bicyclic) bond motifs is 1. The van der Waals surface area contributed by atoms with Gasteiger partial charge in [0.25, 0.3) is 0 Å². The zero-order valence-corrected chi connectivity index (χ0v) is 18.6. The molecule has 29 heavy (non-hydrogen) atoms. The zero-order chi connectivity index (χ0) is 20.5. The molecule has 0 saturated carbocycles. The van der Waals surface area contributed by atoms with Gasteiger partial charge >= 0.3 is 6.03 Å². The third-order valence-corrected chi connectivity index (χ3v) is 5.96. The normalized spacial score (nSPS) is 21.7. The monoisotopic (exact) mass is 459 g/mol. The Bertz CT molecular complexity index is 912. The quantitative estimate of drug-likeness (QED) is 0.740. The molecule has 2 amide bonds. The van der Waals surface area contributed by atoms with E-state index in [2.05, 4.69) is 45.0 Å². The first kappa shape index (κ1) is 20.1. The number of morpholine rings is 1. The molecule has 2 aliphatic rings. The van der Waals surface area contributed by atoms with Crippen LogP contribution in [0.4, 0.5) is 16.3 Å². The summed E-state index contributed by atoms with van der Waals surface area (Å²) >= 11 is 3.49. The molecule has 1 fully saturated rings. The number of para-hydroxylation sites is 1. The molecule has 0 bridgehead atoms. The van der Waals surface area contributed by atoms with E-state index < -0.39 is 0 Å². The lowest BCUT2D eigenvalue weighted by molar-refractivity contribution is -0.00557. The molecule has 1 N–H and O–H groups in total. The summed E-state index contributed by atoms with van der Waals surface area (Å²) in [4.78, 5) is 26.4. The van der Waals surface area contributed by atoms with Crippen LogP contribution >= 0.6 is 15.9 Å². The molecule has 0 spiro atoms. The molecular weight excluding hydrogens is 434 g/mol. The van der Waals surface area contributed by atoms with Crippen LogP contribution in [0.5, 0.6) is 0 Å². The Morgan fingerprint density at radius 1 is 1.21 bits per heavy atom. The van der Waals surface area contributed by atoms with Crippen molar-refractivity contribution in [1.29, 1.82) is 0 Å². The minimum absolute atomic E-state index is 0.113. The van der Waals surface area contributed by atoms with Gasteiger partial charge in [0.15, 0.2) is 0 Å². The SMILES string of the molecule is Cc1nc2c(c(N3CC(C)OC(C)C3)n1)CN(C(=O)Nc1ccccc1Br)CC2. The number of rotatable bonds is 2. The maximum atomic E-state index is 12.9. The lowest BCUT2D eigenvalue weighted by Gasteiger charge is -2.38. The van der Waals surface area contributed by atoms with Gasteiger partial charge < -0.3 is 19.9 Å². The zero-order valence-electron chi connectivity index (χ0n) is 17.0. The molecule has 2 atom stereocenters. The number of hydrogen-bond acceptors (Lipinski definition) is 5. The van der Waals surface area contributed by atoms with Gasteiger partial charge in [-0.25, -0.2) is 14.8 Å². The first-order valence-corrected chi connectivity index (χ1v) is 10.8. The van der Waals surface area contributed by atoms with Gasteiger partial charge in [0.05, 0.1) is 30.1 Å². The van der Waals surface area contributed by atoms with Gasteiger partial charge in [0.2, 0.25) is 0 Å². The van der Waals surface area contributed by atoms with Crippen LogP contribution in [0.25, 0.3) is 0 Å². The topological polar surface area (TPSA) is 70.6 Å². The molecule has 1 aromatic heterocycles. The van der Waals surface area contributed by atoms with Gasteiger partial charge in [-0.15, -0.1) is 0 Å². The third kappa shape index (κ3) is 4.38. The summed E-state index contributed by atoms with van der Waals surface area (Å²) in [5.74, 6) is 1.71. The Morgan fingerprint density at radius 3 is 2.66 bits per heavy atom. The molecule has 2 aliphatic heterocycles. The van der Waals surface area contributed by atoms with Gasteiger partial charge in [-0.2, -0.15) is 0 Å². The average Bonchev–Trinajstić information content (AvgIpc) is 2.68. The van der Waals surface area contributed by atoms with Crippen LogP contribution in [-0.2, 0) is 17.7 Å². The predicted octanol–water partition coefficient (Wildman–Crippen LogP) is 3.75. The molecule has 0 radical (unpaired) electrons. The fourth-order valence-corrected chi connectivity index (χ4v) is 4.44. The van der Waals surface area contributed by atoms with Gasteiger partial charge in [0, 0.05) is 36.1 Å². The third-order valence-electron chi connectivity index (χ3n) is 5.27.